The van der Waals surface area contributed by atoms with Crippen LogP contribution in [0.1, 0.15) is 50.3 Å². The van der Waals surface area contributed by atoms with Crippen LogP contribution in [0.4, 0.5) is 5.00 Å². The first-order chi connectivity index (χ1) is 13.2. The van der Waals surface area contributed by atoms with Gasteiger partial charge in [0, 0.05) is 12.1 Å². The van der Waals surface area contributed by atoms with E-state index in [-0.39, 0.29) is 34.4 Å². The Labute approximate surface area is 175 Å². The van der Waals surface area contributed by atoms with Gasteiger partial charge in [-0.2, -0.15) is 5.10 Å². The molecule has 152 valence electrons. The number of carbonyl (C=O) groups excluding carboxylic acids is 3. The largest absolute Gasteiger partial charge is 0.465 e. The molecule has 0 radical (unpaired) electrons. The molecule has 2 heterocycles. The first-order valence-electron chi connectivity index (χ1n) is 8.59. The van der Waals surface area contributed by atoms with E-state index in [1.54, 1.807) is 18.5 Å². The van der Waals surface area contributed by atoms with Crippen LogP contribution in [0.25, 0.3) is 0 Å². The van der Waals surface area contributed by atoms with Crippen LogP contribution in [0.2, 0.25) is 0 Å². The average molecular weight is 472 g/mol. The SMILES string of the molecule is CCOC(=O)c1sc(NC(=O)CCn2nc(C)c(Br)c2C)c(C(=O)OC)c1C. The summed E-state index contributed by atoms with van der Waals surface area (Å²) in [6.07, 6.45) is 0.153. The highest BCUT2D eigenvalue weighted by molar-refractivity contribution is 9.10. The second kappa shape index (κ2) is 9.33. The minimum Gasteiger partial charge on any atom is -0.465 e. The minimum absolute atomic E-state index is 0.153. The molecule has 0 aliphatic heterocycles. The Kier molecular flexibility index (Phi) is 7.36. The molecule has 2 aromatic heterocycles. The lowest BCUT2D eigenvalue weighted by Gasteiger charge is -2.07. The van der Waals surface area contributed by atoms with Crippen LogP contribution in [0, 0.1) is 20.8 Å². The Morgan fingerprint density at radius 2 is 1.89 bits per heavy atom. The van der Waals surface area contributed by atoms with Gasteiger partial charge in [0.2, 0.25) is 5.91 Å². The topological polar surface area (TPSA) is 99.5 Å². The molecule has 0 aliphatic rings. The lowest BCUT2D eigenvalue weighted by Crippen LogP contribution is -2.17. The van der Waals surface area contributed by atoms with Crippen LogP contribution >= 0.6 is 27.3 Å². The highest BCUT2D eigenvalue weighted by Crippen LogP contribution is 2.34. The molecule has 8 nitrogen and oxygen atoms in total. The summed E-state index contributed by atoms with van der Waals surface area (Å²) in [4.78, 5) is 37.0. The summed E-state index contributed by atoms with van der Waals surface area (Å²) < 4.78 is 12.5. The molecule has 1 N–H and O–H groups in total. The molecule has 2 rings (SSSR count). The van der Waals surface area contributed by atoms with E-state index in [0.29, 0.717) is 12.1 Å². The zero-order valence-corrected chi connectivity index (χ0v) is 18.7. The Bertz CT molecular complexity index is 919. The number of amides is 1. The quantitative estimate of drug-likeness (QED) is 0.618. The maximum absolute atomic E-state index is 12.4. The van der Waals surface area contributed by atoms with Crippen molar-refractivity contribution in [2.24, 2.45) is 0 Å². The van der Waals surface area contributed by atoms with Gasteiger partial charge in [0.1, 0.15) is 9.88 Å². The van der Waals surface area contributed by atoms with Crippen molar-refractivity contribution >= 4 is 50.1 Å². The predicted octanol–water partition coefficient (Wildman–Crippen LogP) is 3.62. The number of aryl methyl sites for hydroxylation is 2. The Morgan fingerprint density at radius 1 is 1.21 bits per heavy atom. The summed E-state index contributed by atoms with van der Waals surface area (Å²) in [5.41, 5.74) is 2.36. The van der Waals surface area contributed by atoms with Crippen LogP contribution in [0.5, 0.6) is 0 Å². The summed E-state index contributed by atoms with van der Waals surface area (Å²) in [6.45, 7) is 7.70. The lowest BCUT2D eigenvalue weighted by atomic mass is 10.1. The molecule has 0 bridgehead atoms. The average Bonchev–Trinajstić information content (AvgIpc) is 3.10. The first-order valence-corrected chi connectivity index (χ1v) is 10.2. The Morgan fingerprint density at radius 3 is 2.43 bits per heavy atom. The monoisotopic (exact) mass is 471 g/mol. The number of methoxy groups -OCH3 is 1. The summed E-state index contributed by atoms with van der Waals surface area (Å²) in [5, 5.41) is 7.35. The van der Waals surface area contributed by atoms with Gasteiger partial charge in [-0.25, -0.2) is 9.59 Å². The molecular formula is C18H22BrN3O5S. The molecule has 0 unspecified atom stereocenters. The summed E-state index contributed by atoms with van der Waals surface area (Å²) >= 11 is 4.45. The van der Waals surface area contributed by atoms with Crippen molar-refractivity contribution in [1.29, 1.82) is 0 Å². The summed E-state index contributed by atoms with van der Waals surface area (Å²) in [5.74, 6) is -1.46. The highest BCUT2D eigenvalue weighted by Gasteiger charge is 2.27. The van der Waals surface area contributed by atoms with Gasteiger partial charge in [0.25, 0.3) is 0 Å². The van der Waals surface area contributed by atoms with Gasteiger partial charge in [-0.15, -0.1) is 11.3 Å². The Balaban J connectivity index is 2.20. The van der Waals surface area contributed by atoms with Crippen molar-refractivity contribution in [3.05, 3.63) is 31.9 Å². The van der Waals surface area contributed by atoms with E-state index >= 15 is 0 Å². The van der Waals surface area contributed by atoms with Gasteiger partial charge < -0.3 is 14.8 Å². The number of nitrogens with one attached hydrogen (secondary N) is 1. The molecule has 2 aromatic rings. The molecule has 0 saturated carbocycles. The molecule has 0 fully saturated rings. The number of halogens is 1. The van der Waals surface area contributed by atoms with E-state index in [9.17, 15) is 14.4 Å². The van der Waals surface area contributed by atoms with Crippen molar-refractivity contribution in [2.75, 3.05) is 19.0 Å². The second-order valence-electron chi connectivity index (χ2n) is 5.98. The molecule has 1 amide bonds. The van der Waals surface area contributed by atoms with Crippen LogP contribution in [-0.4, -0.2) is 41.3 Å². The summed E-state index contributed by atoms with van der Waals surface area (Å²) in [7, 11) is 1.25. The van der Waals surface area contributed by atoms with E-state index in [2.05, 4.69) is 26.3 Å². The standard InChI is InChI=1S/C18H22BrN3O5S/c1-6-27-18(25)15-9(2)13(17(24)26-5)16(28-15)20-12(23)7-8-22-11(4)14(19)10(3)21-22/h6-8H2,1-5H3,(H,20,23). The van der Waals surface area contributed by atoms with Gasteiger partial charge in [0.15, 0.2) is 0 Å². The van der Waals surface area contributed by atoms with E-state index in [0.717, 1.165) is 27.2 Å². The van der Waals surface area contributed by atoms with Gasteiger partial charge in [-0.1, -0.05) is 0 Å². The number of rotatable bonds is 7. The zero-order valence-electron chi connectivity index (χ0n) is 16.3. The number of hydrogen-bond donors (Lipinski definition) is 1. The fourth-order valence-corrected chi connectivity index (χ4v) is 4.02. The van der Waals surface area contributed by atoms with Crippen molar-refractivity contribution in [2.45, 2.75) is 40.7 Å². The number of carbonyl (C=O) groups is 3. The molecule has 28 heavy (non-hydrogen) atoms. The third-order valence-electron chi connectivity index (χ3n) is 4.09. The van der Waals surface area contributed by atoms with Gasteiger partial charge in [-0.05, 0) is 49.2 Å². The smallest absolute Gasteiger partial charge is 0.348 e. The van der Waals surface area contributed by atoms with Gasteiger partial charge in [-0.3, -0.25) is 9.48 Å². The number of aromatic nitrogens is 2. The van der Waals surface area contributed by atoms with E-state index in [1.165, 1.54) is 7.11 Å². The van der Waals surface area contributed by atoms with Crippen molar-refractivity contribution < 1.29 is 23.9 Å². The number of thiophene rings is 1. The molecule has 10 heteroatoms. The van der Waals surface area contributed by atoms with Crippen molar-refractivity contribution in [3.8, 4) is 0 Å². The predicted molar refractivity (Wildman–Crippen MR) is 109 cm³/mol. The first kappa shape index (κ1) is 22.1. The Hall–Kier alpha value is -2.20. The van der Waals surface area contributed by atoms with E-state index < -0.39 is 11.9 Å². The van der Waals surface area contributed by atoms with Crippen LogP contribution in [0.3, 0.4) is 0 Å². The maximum Gasteiger partial charge on any atom is 0.348 e. The molecule has 0 spiro atoms. The molecule has 0 saturated heterocycles. The third-order valence-corrected chi connectivity index (χ3v) is 6.43. The summed E-state index contributed by atoms with van der Waals surface area (Å²) in [6, 6.07) is 0. The van der Waals surface area contributed by atoms with E-state index in [1.807, 2.05) is 13.8 Å². The van der Waals surface area contributed by atoms with Gasteiger partial charge >= 0.3 is 11.9 Å². The molecule has 0 atom stereocenters. The number of ether oxygens (including phenoxy) is 2. The highest BCUT2D eigenvalue weighted by atomic mass is 79.9. The second-order valence-corrected chi connectivity index (χ2v) is 7.79. The zero-order chi connectivity index (χ0) is 21.0. The lowest BCUT2D eigenvalue weighted by molar-refractivity contribution is -0.116. The number of hydrogen-bond acceptors (Lipinski definition) is 7. The van der Waals surface area contributed by atoms with Crippen LogP contribution < -0.4 is 5.32 Å². The normalized spacial score (nSPS) is 10.6. The molecule has 0 aromatic carbocycles. The third kappa shape index (κ3) is 4.61. The van der Waals surface area contributed by atoms with Crippen molar-refractivity contribution in [1.82, 2.24) is 9.78 Å². The maximum atomic E-state index is 12.4. The van der Waals surface area contributed by atoms with E-state index in [4.69, 9.17) is 9.47 Å². The number of esters is 2. The fourth-order valence-electron chi connectivity index (χ4n) is 2.63. The van der Waals surface area contributed by atoms with Crippen molar-refractivity contribution in [3.63, 3.8) is 0 Å². The molecular weight excluding hydrogens is 450 g/mol. The number of anilines is 1. The number of nitrogens with zero attached hydrogens (tertiary/aromatic N) is 2. The molecule has 0 aliphatic carbocycles. The van der Waals surface area contributed by atoms with Crippen LogP contribution in [-0.2, 0) is 20.8 Å². The fraction of sp³-hybridized carbons (Fsp3) is 0.444. The van der Waals surface area contributed by atoms with Gasteiger partial charge in [0.05, 0.1) is 36.0 Å². The van der Waals surface area contributed by atoms with Crippen LogP contribution in [0.15, 0.2) is 4.47 Å². The minimum atomic E-state index is -0.623.